The van der Waals surface area contributed by atoms with Crippen molar-refractivity contribution in [1.82, 2.24) is 0 Å². The van der Waals surface area contributed by atoms with Gasteiger partial charge in [0.25, 0.3) is 0 Å². The summed E-state index contributed by atoms with van der Waals surface area (Å²) in [5.74, 6) is 0.694. The molecule has 0 saturated carbocycles. The van der Waals surface area contributed by atoms with Gasteiger partial charge in [-0.1, -0.05) is 48.5 Å². The third kappa shape index (κ3) is 2.50. The van der Waals surface area contributed by atoms with Crippen molar-refractivity contribution in [3.8, 4) is 0 Å². The lowest BCUT2D eigenvalue weighted by molar-refractivity contribution is -0.0641. The van der Waals surface area contributed by atoms with Crippen LogP contribution in [0.15, 0.2) is 0 Å². The van der Waals surface area contributed by atoms with Gasteiger partial charge in [-0.15, -0.1) is 0 Å². The molecule has 0 radical (unpaired) electrons. The van der Waals surface area contributed by atoms with E-state index in [4.69, 9.17) is 4.74 Å². The zero-order valence-electron chi connectivity index (χ0n) is 10.8. The number of hydrogen-bond donors (Lipinski definition) is 0. The van der Waals surface area contributed by atoms with Crippen molar-refractivity contribution in [2.45, 2.75) is 67.1 Å². The highest BCUT2D eigenvalue weighted by Gasteiger charge is 2.43. The third-order valence-electron chi connectivity index (χ3n) is 3.23. The van der Waals surface area contributed by atoms with E-state index in [1.165, 1.54) is 6.42 Å². The second-order valence-corrected chi connectivity index (χ2v) is 6.99. The Balaban J connectivity index is 2.70. The van der Waals surface area contributed by atoms with Crippen LogP contribution in [0.25, 0.3) is 0 Å². The first-order valence-electron chi connectivity index (χ1n) is 5.78. The van der Waals surface area contributed by atoms with E-state index in [1.807, 2.05) is 0 Å². The van der Waals surface area contributed by atoms with E-state index >= 15 is 0 Å². The average Bonchev–Trinajstić information content (AvgIpc) is 2.27. The average molecular weight is 198 g/mol. The molecule has 1 aliphatic rings. The molecule has 0 aliphatic carbocycles. The molecule has 0 bridgehead atoms. The second-order valence-electron chi connectivity index (χ2n) is 6.99. The first-order chi connectivity index (χ1) is 6.12. The third-order valence-corrected chi connectivity index (χ3v) is 3.23. The molecule has 0 N–H and O–H groups in total. The van der Waals surface area contributed by atoms with Gasteiger partial charge >= 0.3 is 0 Å². The van der Waals surface area contributed by atoms with E-state index in [0.29, 0.717) is 18.1 Å². The maximum absolute atomic E-state index is 6.20. The van der Waals surface area contributed by atoms with Gasteiger partial charge in [0, 0.05) is 0 Å². The Morgan fingerprint density at radius 2 is 1.43 bits per heavy atom. The van der Waals surface area contributed by atoms with Gasteiger partial charge in [-0.05, 0) is 23.2 Å². The highest BCUT2D eigenvalue weighted by molar-refractivity contribution is 4.91. The fourth-order valence-corrected chi connectivity index (χ4v) is 2.44. The fourth-order valence-electron chi connectivity index (χ4n) is 2.44. The molecule has 0 unspecified atom stereocenters. The molecule has 14 heavy (non-hydrogen) atoms. The molecular formula is C13H26O. The standard InChI is InChI=1S/C13H26O/c1-9-8-10(12(2,3)4)14-11(9)13(5,6)7/h9-11H,8H2,1-7H3/t9-,10-,11+/m0/s1. The molecule has 0 aromatic rings. The van der Waals surface area contributed by atoms with E-state index in [1.54, 1.807) is 0 Å². The van der Waals surface area contributed by atoms with Crippen LogP contribution in [0, 0.1) is 16.7 Å². The van der Waals surface area contributed by atoms with Crippen molar-refractivity contribution in [3.63, 3.8) is 0 Å². The quantitative estimate of drug-likeness (QED) is 0.574. The molecule has 1 heterocycles. The van der Waals surface area contributed by atoms with Gasteiger partial charge in [0.05, 0.1) is 12.2 Å². The molecule has 84 valence electrons. The van der Waals surface area contributed by atoms with Crippen molar-refractivity contribution < 1.29 is 4.74 Å². The minimum atomic E-state index is 0.277. The highest BCUT2D eigenvalue weighted by Crippen LogP contribution is 2.42. The smallest absolute Gasteiger partial charge is 0.0653 e. The predicted octanol–water partition coefficient (Wildman–Crippen LogP) is 3.87. The Morgan fingerprint density at radius 3 is 1.64 bits per heavy atom. The summed E-state index contributed by atoms with van der Waals surface area (Å²) in [5.41, 5.74) is 0.563. The molecule has 0 aromatic heterocycles. The molecule has 1 nitrogen and oxygen atoms in total. The topological polar surface area (TPSA) is 9.23 Å². The fraction of sp³-hybridized carbons (Fsp3) is 1.00. The van der Waals surface area contributed by atoms with Crippen LogP contribution in [0.3, 0.4) is 0 Å². The summed E-state index contributed by atoms with van der Waals surface area (Å²) in [6, 6.07) is 0. The number of rotatable bonds is 0. The molecule has 0 spiro atoms. The molecule has 1 aliphatic heterocycles. The first kappa shape index (κ1) is 12.0. The van der Waals surface area contributed by atoms with Crippen LogP contribution < -0.4 is 0 Å². The second kappa shape index (κ2) is 3.52. The van der Waals surface area contributed by atoms with Gasteiger partial charge in [-0.3, -0.25) is 0 Å². The summed E-state index contributed by atoms with van der Waals surface area (Å²) >= 11 is 0. The lowest BCUT2D eigenvalue weighted by Gasteiger charge is -2.32. The Labute approximate surface area is 89.2 Å². The largest absolute Gasteiger partial charge is 0.374 e. The van der Waals surface area contributed by atoms with Gasteiger partial charge in [0.15, 0.2) is 0 Å². The van der Waals surface area contributed by atoms with Gasteiger partial charge in [0.1, 0.15) is 0 Å². The zero-order chi connectivity index (χ0) is 11.1. The van der Waals surface area contributed by atoms with Crippen LogP contribution in [0.2, 0.25) is 0 Å². The van der Waals surface area contributed by atoms with Gasteiger partial charge in [-0.2, -0.15) is 0 Å². The van der Waals surface area contributed by atoms with Crippen molar-refractivity contribution in [2.24, 2.45) is 16.7 Å². The van der Waals surface area contributed by atoms with Crippen molar-refractivity contribution in [1.29, 1.82) is 0 Å². The van der Waals surface area contributed by atoms with Gasteiger partial charge in [0.2, 0.25) is 0 Å². The number of ether oxygens (including phenoxy) is 1. The van der Waals surface area contributed by atoms with Crippen LogP contribution in [-0.4, -0.2) is 12.2 Å². The monoisotopic (exact) mass is 198 g/mol. The van der Waals surface area contributed by atoms with Crippen LogP contribution in [0.5, 0.6) is 0 Å². The van der Waals surface area contributed by atoms with Crippen molar-refractivity contribution in [2.75, 3.05) is 0 Å². The van der Waals surface area contributed by atoms with Gasteiger partial charge in [-0.25, -0.2) is 0 Å². The van der Waals surface area contributed by atoms with Gasteiger partial charge < -0.3 is 4.74 Å². The normalized spacial score (nSPS) is 34.9. The lowest BCUT2D eigenvalue weighted by Crippen LogP contribution is -2.32. The molecular weight excluding hydrogens is 172 g/mol. The van der Waals surface area contributed by atoms with Crippen LogP contribution >= 0.6 is 0 Å². The molecule has 0 aromatic carbocycles. The van der Waals surface area contributed by atoms with E-state index in [9.17, 15) is 0 Å². The van der Waals surface area contributed by atoms with Crippen molar-refractivity contribution >= 4 is 0 Å². The summed E-state index contributed by atoms with van der Waals surface area (Å²) in [6.07, 6.45) is 2.07. The van der Waals surface area contributed by atoms with Crippen LogP contribution in [0.4, 0.5) is 0 Å². The Hall–Kier alpha value is -0.0400. The molecule has 1 saturated heterocycles. The van der Waals surface area contributed by atoms with E-state index in [-0.39, 0.29) is 10.8 Å². The molecule has 1 rings (SSSR count). The zero-order valence-corrected chi connectivity index (χ0v) is 10.8. The maximum atomic E-state index is 6.20. The summed E-state index contributed by atoms with van der Waals surface area (Å²) < 4.78 is 6.20. The molecule has 1 heteroatoms. The predicted molar refractivity (Wildman–Crippen MR) is 61.4 cm³/mol. The SMILES string of the molecule is C[C@H]1C[C@@H](C(C)(C)C)O[C@H]1C(C)(C)C. The Morgan fingerprint density at radius 1 is 0.929 bits per heavy atom. The summed E-state index contributed by atoms with van der Waals surface area (Å²) in [4.78, 5) is 0. The molecule has 1 fully saturated rings. The minimum absolute atomic E-state index is 0.277. The van der Waals surface area contributed by atoms with E-state index < -0.39 is 0 Å². The Bertz CT molecular complexity index is 194. The summed E-state index contributed by atoms with van der Waals surface area (Å²) in [7, 11) is 0. The Kier molecular flexibility index (Phi) is 3.02. The van der Waals surface area contributed by atoms with Crippen molar-refractivity contribution in [3.05, 3.63) is 0 Å². The van der Waals surface area contributed by atoms with Crippen LogP contribution in [-0.2, 0) is 4.74 Å². The maximum Gasteiger partial charge on any atom is 0.0653 e. The molecule has 3 atom stereocenters. The molecule has 0 amide bonds. The van der Waals surface area contributed by atoms with E-state index in [2.05, 4.69) is 48.5 Å². The van der Waals surface area contributed by atoms with E-state index in [0.717, 1.165) is 0 Å². The lowest BCUT2D eigenvalue weighted by atomic mass is 9.80. The number of hydrogen-bond acceptors (Lipinski definition) is 1. The van der Waals surface area contributed by atoms with Crippen LogP contribution in [0.1, 0.15) is 54.9 Å². The minimum Gasteiger partial charge on any atom is -0.374 e. The summed E-state index contributed by atoms with van der Waals surface area (Å²) in [6.45, 7) is 16.0. The highest BCUT2D eigenvalue weighted by atomic mass is 16.5. The summed E-state index contributed by atoms with van der Waals surface area (Å²) in [5, 5.41) is 0. The first-order valence-corrected chi connectivity index (χ1v) is 5.78.